The number of nitrogens with one attached hydrogen (secondary N) is 1. The molecule has 1 amide bonds. The molecule has 0 aliphatic rings. The monoisotopic (exact) mass is 213 g/mol. The summed E-state index contributed by atoms with van der Waals surface area (Å²) in [7, 11) is 0. The Kier molecular flexibility index (Phi) is 3.11. The van der Waals surface area contributed by atoms with E-state index in [0.29, 0.717) is 13.0 Å². The lowest BCUT2D eigenvalue weighted by Gasteiger charge is -1.98. The molecule has 2 nitrogen and oxygen atoms in total. The Morgan fingerprint density at radius 3 is 2.55 bits per heavy atom. The van der Waals surface area contributed by atoms with Gasteiger partial charge in [-0.15, -0.1) is 0 Å². The lowest BCUT2D eigenvalue weighted by atomic mass is 10.2. The minimum absolute atomic E-state index is 0.594. The quantitative estimate of drug-likeness (QED) is 0.762. The van der Waals surface area contributed by atoms with Crippen molar-refractivity contribution in [2.45, 2.75) is 6.54 Å². The zero-order valence-electron chi connectivity index (χ0n) is 5.88. The molecule has 0 heterocycles. The highest BCUT2D eigenvalue weighted by molar-refractivity contribution is 9.10. The van der Waals surface area contributed by atoms with Crippen molar-refractivity contribution in [3.8, 4) is 0 Å². The van der Waals surface area contributed by atoms with Gasteiger partial charge in [-0.1, -0.05) is 28.1 Å². The van der Waals surface area contributed by atoms with Gasteiger partial charge in [0.1, 0.15) is 0 Å². The van der Waals surface area contributed by atoms with Gasteiger partial charge in [-0.2, -0.15) is 0 Å². The van der Waals surface area contributed by atoms with Crippen LogP contribution in [0.1, 0.15) is 5.56 Å². The van der Waals surface area contributed by atoms with Crippen LogP contribution in [-0.2, 0) is 11.3 Å². The third-order valence-corrected chi connectivity index (χ3v) is 1.83. The first-order valence-electron chi connectivity index (χ1n) is 3.24. The molecule has 0 aromatic heterocycles. The van der Waals surface area contributed by atoms with Crippen molar-refractivity contribution in [1.29, 1.82) is 0 Å². The molecule has 0 aliphatic carbocycles. The highest BCUT2D eigenvalue weighted by Crippen LogP contribution is 2.09. The van der Waals surface area contributed by atoms with Crippen LogP contribution in [0.3, 0.4) is 0 Å². The molecule has 0 fully saturated rings. The number of hydrogen-bond acceptors (Lipinski definition) is 1. The second kappa shape index (κ2) is 4.13. The van der Waals surface area contributed by atoms with E-state index >= 15 is 0 Å². The predicted molar refractivity (Wildman–Crippen MR) is 47.0 cm³/mol. The van der Waals surface area contributed by atoms with E-state index in [9.17, 15) is 4.79 Å². The van der Waals surface area contributed by atoms with Crippen LogP contribution < -0.4 is 5.32 Å². The maximum atomic E-state index is 9.92. The van der Waals surface area contributed by atoms with Crippen molar-refractivity contribution in [2.24, 2.45) is 0 Å². The van der Waals surface area contributed by atoms with Crippen LogP contribution in [0.4, 0.5) is 0 Å². The van der Waals surface area contributed by atoms with Crippen LogP contribution in [-0.4, -0.2) is 6.41 Å². The molecule has 0 aliphatic heterocycles. The molecule has 0 atom stereocenters. The summed E-state index contributed by atoms with van der Waals surface area (Å²) in [6.45, 7) is 0.594. The zero-order chi connectivity index (χ0) is 8.10. The van der Waals surface area contributed by atoms with Crippen molar-refractivity contribution in [3.63, 3.8) is 0 Å². The molecule has 0 spiro atoms. The van der Waals surface area contributed by atoms with Crippen LogP contribution in [0.2, 0.25) is 0 Å². The molecule has 1 aromatic carbocycles. The molecule has 0 saturated carbocycles. The number of amides is 1. The van der Waals surface area contributed by atoms with E-state index in [-0.39, 0.29) is 0 Å². The van der Waals surface area contributed by atoms with Crippen molar-refractivity contribution in [3.05, 3.63) is 34.3 Å². The Balaban J connectivity index is 2.58. The second-order valence-corrected chi connectivity index (χ2v) is 3.04. The largest absolute Gasteiger partial charge is 0.355 e. The molecule has 0 unspecified atom stereocenters. The van der Waals surface area contributed by atoms with E-state index < -0.39 is 0 Å². The number of carbonyl (C=O) groups is 1. The van der Waals surface area contributed by atoms with E-state index in [1.54, 1.807) is 0 Å². The van der Waals surface area contributed by atoms with Gasteiger partial charge in [-0.3, -0.25) is 4.79 Å². The molecule has 0 radical (unpaired) electrons. The van der Waals surface area contributed by atoms with Crippen LogP contribution >= 0.6 is 15.9 Å². The summed E-state index contributed by atoms with van der Waals surface area (Å²) in [4.78, 5) is 9.92. The third kappa shape index (κ3) is 2.72. The minimum Gasteiger partial charge on any atom is -0.355 e. The van der Waals surface area contributed by atoms with Crippen molar-refractivity contribution in [1.82, 2.24) is 5.32 Å². The number of hydrogen-bond donors (Lipinski definition) is 1. The maximum Gasteiger partial charge on any atom is 0.207 e. The Hall–Kier alpha value is -0.830. The van der Waals surface area contributed by atoms with E-state index in [1.165, 1.54) is 0 Å². The van der Waals surface area contributed by atoms with Gasteiger partial charge in [0.2, 0.25) is 6.41 Å². The zero-order valence-corrected chi connectivity index (χ0v) is 7.47. The second-order valence-electron chi connectivity index (χ2n) is 2.13. The van der Waals surface area contributed by atoms with Crippen molar-refractivity contribution in [2.75, 3.05) is 0 Å². The normalized spacial score (nSPS) is 9.18. The lowest BCUT2D eigenvalue weighted by Crippen LogP contribution is -2.09. The van der Waals surface area contributed by atoms with E-state index in [4.69, 9.17) is 0 Å². The Morgan fingerprint density at radius 1 is 1.36 bits per heavy atom. The van der Waals surface area contributed by atoms with Gasteiger partial charge in [0.05, 0.1) is 0 Å². The fraction of sp³-hybridized carbons (Fsp3) is 0.125. The summed E-state index contributed by atoms with van der Waals surface area (Å²) in [5.74, 6) is 0. The Morgan fingerprint density at radius 2 is 2.00 bits per heavy atom. The molecule has 0 bridgehead atoms. The van der Waals surface area contributed by atoms with Gasteiger partial charge in [-0.25, -0.2) is 0 Å². The summed E-state index contributed by atoms with van der Waals surface area (Å²) in [5, 5.41) is 2.59. The number of carbonyl (C=O) groups excluding carboxylic acids is 1. The average molecular weight is 214 g/mol. The highest BCUT2D eigenvalue weighted by atomic mass is 79.9. The molecule has 1 rings (SSSR count). The SMILES string of the molecule is O=CNCc1ccc(Br)cc1. The third-order valence-electron chi connectivity index (χ3n) is 1.30. The smallest absolute Gasteiger partial charge is 0.207 e. The van der Waals surface area contributed by atoms with Gasteiger partial charge in [0.15, 0.2) is 0 Å². The molecule has 1 N–H and O–H groups in total. The molecule has 1 aromatic rings. The van der Waals surface area contributed by atoms with Gasteiger partial charge in [-0.05, 0) is 17.7 Å². The van der Waals surface area contributed by atoms with Crippen LogP contribution in [0, 0.1) is 0 Å². The van der Waals surface area contributed by atoms with Crippen LogP contribution in [0.25, 0.3) is 0 Å². The van der Waals surface area contributed by atoms with Gasteiger partial charge < -0.3 is 5.32 Å². The first-order valence-corrected chi connectivity index (χ1v) is 4.03. The number of benzene rings is 1. The fourth-order valence-corrected chi connectivity index (χ4v) is 1.03. The first kappa shape index (κ1) is 8.27. The summed E-state index contributed by atoms with van der Waals surface area (Å²) >= 11 is 3.32. The summed E-state index contributed by atoms with van der Waals surface area (Å²) in [6, 6.07) is 7.81. The first-order chi connectivity index (χ1) is 5.33. The lowest BCUT2D eigenvalue weighted by molar-refractivity contribution is -0.109. The van der Waals surface area contributed by atoms with Gasteiger partial charge in [0, 0.05) is 11.0 Å². The highest BCUT2D eigenvalue weighted by Gasteiger charge is 1.89. The van der Waals surface area contributed by atoms with E-state index in [1.807, 2.05) is 24.3 Å². The van der Waals surface area contributed by atoms with Crippen molar-refractivity contribution < 1.29 is 4.79 Å². The molecule has 0 saturated heterocycles. The van der Waals surface area contributed by atoms with Crippen molar-refractivity contribution >= 4 is 22.3 Å². The minimum atomic E-state index is 0.594. The Labute approximate surface area is 73.7 Å². The average Bonchev–Trinajstić information content (AvgIpc) is 2.04. The molecule has 3 heteroatoms. The summed E-state index contributed by atoms with van der Waals surface area (Å²) in [5.41, 5.74) is 1.10. The topological polar surface area (TPSA) is 29.1 Å². The maximum absolute atomic E-state index is 9.92. The molecular formula is C8H8BrNO. The summed E-state index contributed by atoms with van der Waals surface area (Å²) in [6.07, 6.45) is 0.696. The van der Waals surface area contributed by atoms with Gasteiger partial charge in [0.25, 0.3) is 0 Å². The molecule has 11 heavy (non-hydrogen) atoms. The molecule has 58 valence electrons. The fourth-order valence-electron chi connectivity index (χ4n) is 0.762. The van der Waals surface area contributed by atoms with E-state index in [2.05, 4.69) is 21.2 Å². The number of halogens is 1. The summed E-state index contributed by atoms with van der Waals surface area (Å²) < 4.78 is 1.05. The standard InChI is InChI=1S/C8H8BrNO/c9-8-3-1-7(2-4-8)5-10-6-11/h1-4,6H,5H2,(H,10,11). The Bertz CT molecular complexity index is 232. The van der Waals surface area contributed by atoms with E-state index in [0.717, 1.165) is 10.0 Å². The van der Waals surface area contributed by atoms with Gasteiger partial charge >= 0.3 is 0 Å². The number of rotatable bonds is 3. The van der Waals surface area contributed by atoms with Crippen LogP contribution in [0.15, 0.2) is 28.7 Å². The predicted octanol–water partition coefficient (Wildman–Crippen LogP) is 1.70. The molecular weight excluding hydrogens is 206 g/mol. The van der Waals surface area contributed by atoms with Crippen LogP contribution in [0.5, 0.6) is 0 Å².